The zero-order valence-corrected chi connectivity index (χ0v) is 11.1. The molecule has 1 rings (SSSR count). The second-order valence-electron chi connectivity index (χ2n) is 5.64. The molecule has 94 valence electrons. The molecule has 0 aromatic rings. The first-order valence-electron chi connectivity index (χ1n) is 5.98. The summed E-state index contributed by atoms with van der Waals surface area (Å²) in [5.41, 5.74) is -0.408. The first-order chi connectivity index (χ1) is 7.29. The molecule has 1 fully saturated rings. The third kappa shape index (κ3) is 4.00. The van der Waals surface area contributed by atoms with Crippen molar-refractivity contribution in [2.45, 2.75) is 45.8 Å². The van der Waals surface area contributed by atoms with Crippen molar-refractivity contribution in [3.63, 3.8) is 0 Å². The Balaban J connectivity index is 2.60. The Bertz CT molecular complexity index is 248. The summed E-state index contributed by atoms with van der Waals surface area (Å²) in [6.07, 6.45) is 0.829. The summed E-state index contributed by atoms with van der Waals surface area (Å²) in [5, 5.41) is 0. The van der Waals surface area contributed by atoms with E-state index in [2.05, 4.69) is 18.9 Å². The Hall–Kier alpha value is -0.770. The highest BCUT2D eigenvalue weighted by molar-refractivity contribution is 5.68. The van der Waals surface area contributed by atoms with Crippen LogP contribution in [0.15, 0.2) is 0 Å². The third-order valence-corrected chi connectivity index (χ3v) is 2.67. The van der Waals surface area contributed by atoms with E-state index in [1.165, 1.54) is 0 Å². The molecule has 0 bridgehead atoms. The number of rotatable bonds is 0. The standard InChI is InChI=1S/C12H24N2O2/c1-10-9-13(5)7-6-8-14(10)11(15)16-12(2,3)4/h10H,6-9H2,1-5H3. The van der Waals surface area contributed by atoms with E-state index in [1.54, 1.807) is 0 Å². The second kappa shape index (κ2) is 5.04. The summed E-state index contributed by atoms with van der Waals surface area (Å²) in [7, 11) is 2.09. The van der Waals surface area contributed by atoms with Gasteiger partial charge in [-0.3, -0.25) is 0 Å². The van der Waals surface area contributed by atoms with Crippen molar-refractivity contribution >= 4 is 6.09 Å². The van der Waals surface area contributed by atoms with E-state index in [-0.39, 0.29) is 12.1 Å². The van der Waals surface area contributed by atoms with Crippen LogP contribution in [0.1, 0.15) is 34.1 Å². The van der Waals surface area contributed by atoms with Crippen LogP contribution in [0.3, 0.4) is 0 Å². The maximum absolute atomic E-state index is 12.0. The summed E-state index contributed by atoms with van der Waals surface area (Å²) < 4.78 is 5.41. The van der Waals surface area contributed by atoms with Crippen molar-refractivity contribution in [1.82, 2.24) is 9.80 Å². The molecule has 16 heavy (non-hydrogen) atoms. The van der Waals surface area contributed by atoms with Crippen LogP contribution in [0.2, 0.25) is 0 Å². The molecule has 4 nitrogen and oxygen atoms in total. The number of hydrogen-bond donors (Lipinski definition) is 0. The first-order valence-corrected chi connectivity index (χ1v) is 5.98. The van der Waals surface area contributed by atoms with Gasteiger partial charge in [0.15, 0.2) is 0 Å². The Morgan fingerprint density at radius 2 is 1.94 bits per heavy atom. The molecule has 1 aliphatic heterocycles. The van der Waals surface area contributed by atoms with Crippen LogP contribution in [0, 0.1) is 0 Å². The lowest BCUT2D eigenvalue weighted by atomic mass is 10.2. The highest BCUT2D eigenvalue weighted by Gasteiger charge is 2.27. The number of nitrogens with zero attached hydrogens (tertiary/aromatic N) is 2. The van der Waals surface area contributed by atoms with Crippen LogP contribution in [0.4, 0.5) is 4.79 Å². The van der Waals surface area contributed by atoms with Crippen molar-refractivity contribution in [3.8, 4) is 0 Å². The number of likely N-dealkylation sites (N-methyl/N-ethyl adjacent to an activating group) is 1. The predicted octanol–water partition coefficient (Wildman–Crippen LogP) is 1.95. The Morgan fingerprint density at radius 3 is 2.50 bits per heavy atom. The molecule has 1 unspecified atom stereocenters. The summed E-state index contributed by atoms with van der Waals surface area (Å²) in [4.78, 5) is 16.1. The van der Waals surface area contributed by atoms with E-state index in [0.29, 0.717) is 0 Å². The summed E-state index contributed by atoms with van der Waals surface area (Å²) >= 11 is 0. The van der Waals surface area contributed by atoms with E-state index in [1.807, 2.05) is 25.7 Å². The fourth-order valence-electron chi connectivity index (χ4n) is 1.96. The average molecular weight is 228 g/mol. The maximum atomic E-state index is 12.0. The first kappa shape index (κ1) is 13.3. The second-order valence-corrected chi connectivity index (χ2v) is 5.64. The molecule has 1 aliphatic rings. The van der Waals surface area contributed by atoms with Crippen LogP contribution in [-0.2, 0) is 4.74 Å². The van der Waals surface area contributed by atoms with E-state index in [4.69, 9.17) is 4.74 Å². The summed E-state index contributed by atoms with van der Waals surface area (Å²) in [6, 6.07) is 0.224. The van der Waals surface area contributed by atoms with Crippen molar-refractivity contribution in [2.75, 3.05) is 26.7 Å². The van der Waals surface area contributed by atoms with Gasteiger partial charge >= 0.3 is 6.09 Å². The van der Waals surface area contributed by atoms with Crippen molar-refractivity contribution in [2.24, 2.45) is 0 Å². The molecule has 1 amide bonds. The van der Waals surface area contributed by atoms with Crippen LogP contribution < -0.4 is 0 Å². The van der Waals surface area contributed by atoms with Crippen LogP contribution in [0.5, 0.6) is 0 Å². The van der Waals surface area contributed by atoms with Gasteiger partial charge in [0.05, 0.1) is 0 Å². The molecule has 0 radical (unpaired) electrons. The fraction of sp³-hybridized carbons (Fsp3) is 0.917. The quantitative estimate of drug-likeness (QED) is 0.635. The summed E-state index contributed by atoms with van der Waals surface area (Å²) in [6.45, 7) is 10.5. The van der Waals surface area contributed by atoms with E-state index in [0.717, 1.165) is 26.1 Å². The highest BCUT2D eigenvalue weighted by Crippen LogP contribution is 2.14. The molecule has 4 heteroatoms. The van der Waals surface area contributed by atoms with Gasteiger partial charge in [0.1, 0.15) is 5.60 Å². The molecule has 0 aromatic carbocycles. The number of carbonyl (C=O) groups is 1. The van der Waals surface area contributed by atoms with Gasteiger partial charge in [-0.25, -0.2) is 4.79 Å². The molecular weight excluding hydrogens is 204 g/mol. The van der Waals surface area contributed by atoms with Crippen LogP contribution in [0.25, 0.3) is 0 Å². The van der Waals surface area contributed by atoms with Gasteiger partial charge in [-0.1, -0.05) is 0 Å². The van der Waals surface area contributed by atoms with Gasteiger partial charge in [-0.2, -0.15) is 0 Å². The smallest absolute Gasteiger partial charge is 0.410 e. The van der Waals surface area contributed by atoms with Gasteiger partial charge in [-0.15, -0.1) is 0 Å². The van der Waals surface area contributed by atoms with E-state index >= 15 is 0 Å². The number of ether oxygens (including phenoxy) is 1. The topological polar surface area (TPSA) is 32.8 Å². The zero-order chi connectivity index (χ0) is 12.3. The minimum absolute atomic E-state index is 0.185. The van der Waals surface area contributed by atoms with Gasteiger partial charge in [0.2, 0.25) is 0 Å². The molecule has 1 atom stereocenters. The van der Waals surface area contributed by atoms with E-state index < -0.39 is 5.60 Å². The number of amides is 1. The Labute approximate surface area is 98.5 Å². The van der Waals surface area contributed by atoms with Crippen LogP contribution in [-0.4, -0.2) is 54.2 Å². The highest BCUT2D eigenvalue weighted by atomic mass is 16.6. The van der Waals surface area contributed by atoms with Crippen LogP contribution >= 0.6 is 0 Å². The molecule has 0 aliphatic carbocycles. The molecule has 0 spiro atoms. The SMILES string of the molecule is CC1CN(C)CCCN1C(=O)OC(C)(C)C. The molecule has 1 saturated heterocycles. The molecular formula is C12H24N2O2. The Morgan fingerprint density at radius 1 is 1.31 bits per heavy atom. The summed E-state index contributed by atoms with van der Waals surface area (Å²) in [5.74, 6) is 0. The normalized spacial score (nSPS) is 24.1. The molecule has 0 aromatic heterocycles. The third-order valence-electron chi connectivity index (χ3n) is 2.67. The molecule has 1 heterocycles. The minimum atomic E-state index is -0.408. The van der Waals surface area contributed by atoms with Crippen molar-refractivity contribution in [3.05, 3.63) is 0 Å². The Kier molecular flexibility index (Phi) is 4.19. The van der Waals surface area contributed by atoms with Gasteiger partial charge in [0, 0.05) is 19.1 Å². The monoisotopic (exact) mass is 228 g/mol. The molecule has 0 N–H and O–H groups in total. The fourth-order valence-corrected chi connectivity index (χ4v) is 1.96. The largest absolute Gasteiger partial charge is 0.444 e. The lowest BCUT2D eigenvalue weighted by Crippen LogP contribution is -2.44. The van der Waals surface area contributed by atoms with Gasteiger partial charge in [0.25, 0.3) is 0 Å². The molecule has 0 saturated carbocycles. The number of hydrogen-bond acceptors (Lipinski definition) is 3. The zero-order valence-electron chi connectivity index (χ0n) is 11.1. The van der Waals surface area contributed by atoms with Gasteiger partial charge in [-0.05, 0) is 47.7 Å². The lowest BCUT2D eigenvalue weighted by molar-refractivity contribution is 0.0183. The van der Waals surface area contributed by atoms with Crippen molar-refractivity contribution in [1.29, 1.82) is 0 Å². The van der Waals surface area contributed by atoms with Crippen molar-refractivity contribution < 1.29 is 9.53 Å². The van der Waals surface area contributed by atoms with Gasteiger partial charge < -0.3 is 14.5 Å². The maximum Gasteiger partial charge on any atom is 0.410 e. The predicted molar refractivity (Wildman–Crippen MR) is 64.5 cm³/mol. The lowest BCUT2D eigenvalue weighted by Gasteiger charge is -2.30. The number of carbonyl (C=O) groups excluding carboxylic acids is 1. The minimum Gasteiger partial charge on any atom is -0.444 e. The van der Waals surface area contributed by atoms with E-state index in [9.17, 15) is 4.79 Å². The average Bonchev–Trinajstić information content (AvgIpc) is 2.23.